The van der Waals surface area contributed by atoms with Gasteiger partial charge in [-0.15, -0.1) is 12.4 Å². The lowest BCUT2D eigenvalue weighted by Crippen LogP contribution is -2.34. The second-order valence-electron chi connectivity index (χ2n) is 5.38. The molecule has 1 heterocycles. The topological polar surface area (TPSA) is 61.4 Å². The molecular weight excluding hydrogens is 283 g/mol. The van der Waals surface area contributed by atoms with Crippen molar-refractivity contribution in [1.29, 1.82) is 0 Å². The minimum absolute atomic E-state index is 0. The number of carbonyl (C=O) groups is 1. The molecule has 1 saturated heterocycles. The van der Waals surface area contributed by atoms with Crippen LogP contribution in [0.5, 0.6) is 0 Å². The van der Waals surface area contributed by atoms with Crippen LogP contribution in [-0.2, 0) is 5.41 Å². The molecule has 0 radical (unpaired) electrons. The van der Waals surface area contributed by atoms with Crippen molar-refractivity contribution in [3.05, 3.63) is 35.6 Å². The van der Waals surface area contributed by atoms with Gasteiger partial charge in [0.2, 0.25) is 0 Å². The van der Waals surface area contributed by atoms with Gasteiger partial charge in [0, 0.05) is 12.0 Å². The van der Waals surface area contributed by atoms with Gasteiger partial charge in [-0.3, -0.25) is 0 Å². The second kappa shape index (κ2) is 5.58. The van der Waals surface area contributed by atoms with Gasteiger partial charge in [-0.2, -0.15) is 0 Å². The Hall–Kier alpha value is -1.33. The summed E-state index contributed by atoms with van der Waals surface area (Å²) < 4.78 is 14.1. The Balaban J connectivity index is 0.00000147. The fourth-order valence-corrected chi connectivity index (χ4v) is 3.72. The first-order valence-electron chi connectivity index (χ1n) is 6.59. The standard InChI is InChI=1S/C14H17FN2O2.ClH/c15-12-4-2-1-3-10(12)14(8-17-13(18)19)9-5-6-16-7-11(9)14;/h1-4,9,11,16-17H,5-8H2,(H,18,19);1H/t9-,11+,14-;/m1./s1. The van der Waals surface area contributed by atoms with Crippen LogP contribution in [0.3, 0.4) is 0 Å². The summed E-state index contributed by atoms with van der Waals surface area (Å²) in [5.41, 5.74) is 0.287. The van der Waals surface area contributed by atoms with Gasteiger partial charge < -0.3 is 15.7 Å². The van der Waals surface area contributed by atoms with E-state index in [0.29, 0.717) is 23.9 Å². The zero-order valence-corrected chi connectivity index (χ0v) is 11.8. The smallest absolute Gasteiger partial charge is 0.404 e. The number of rotatable bonds is 3. The molecule has 1 aromatic carbocycles. The first-order chi connectivity index (χ1) is 9.16. The first-order valence-corrected chi connectivity index (χ1v) is 6.59. The highest BCUT2D eigenvalue weighted by Gasteiger charge is 2.66. The highest BCUT2D eigenvalue weighted by molar-refractivity contribution is 5.85. The highest BCUT2D eigenvalue weighted by Crippen LogP contribution is 2.62. The number of hydrogen-bond donors (Lipinski definition) is 3. The van der Waals surface area contributed by atoms with Crippen molar-refractivity contribution in [2.45, 2.75) is 11.8 Å². The van der Waals surface area contributed by atoms with E-state index < -0.39 is 6.09 Å². The third kappa shape index (κ3) is 2.25. The van der Waals surface area contributed by atoms with E-state index in [0.717, 1.165) is 19.5 Å². The molecule has 0 aromatic heterocycles. The molecule has 2 aliphatic rings. The summed E-state index contributed by atoms with van der Waals surface area (Å²) in [6.45, 7) is 2.05. The molecule has 6 heteroatoms. The van der Waals surface area contributed by atoms with Crippen LogP contribution in [0.1, 0.15) is 12.0 Å². The molecule has 0 unspecified atom stereocenters. The Labute approximate surface area is 123 Å². The van der Waals surface area contributed by atoms with Gasteiger partial charge >= 0.3 is 6.09 Å². The summed E-state index contributed by atoms with van der Waals surface area (Å²) in [6.07, 6.45) is -0.0763. The zero-order valence-electron chi connectivity index (χ0n) is 10.9. The SMILES string of the molecule is Cl.O=C(O)NC[C@]1(c2ccccc2F)[C@@H]2CCNC[C@@H]21. The van der Waals surface area contributed by atoms with Gasteiger partial charge in [0.25, 0.3) is 0 Å². The molecule has 1 saturated carbocycles. The predicted octanol–water partition coefficient (Wildman–Crippen LogP) is 1.99. The van der Waals surface area contributed by atoms with E-state index in [2.05, 4.69) is 10.6 Å². The lowest BCUT2D eigenvalue weighted by Gasteiger charge is -2.19. The van der Waals surface area contributed by atoms with Gasteiger partial charge in [0.15, 0.2) is 0 Å². The molecule has 2 fully saturated rings. The lowest BCUT2D eigenvalue weighted by atomic mass is 9.90. The average Bonchev–Trinajstić information content (AvgIpc) is 3.06. The van der Waals surface area contributed by atoms with Crippen molar-refractivity contribution in [2.75, 3.05) is 19.6 Å². The number of nitrogens with one attached hydrogen (secondary N) is 2. The third-order valence-electron chi connectivity index (χ3n) is 4.60. The van der Waals surface area contributed by atoms with Crippen molar-refractivity contribution >= 4 is 18.5 Å². The number of amides is 1. The molecule has 4 nitrogen and oxygen atoms in total. The number of hydrogen-bond acceptors (Lipinski definition) is 2. The maximum absolute atomic E-state index is 14.1. The summed E-state index contributed by atoms with van der Waals surface area (Å²) in [4.78, 5) is 10.8. The van der Waals surface area contributed by atoms with Crippen molar-refractivity contribution in [2.24, 2.45) is 11.8 Å². The largest absolute Gasteiger partial charge is 0.465 e. The minimum atomic E-state index is -1.05. The van der Waals surface area contributed by atoms with E-state index in [-0.39, 0.29) is 23.6 Å². The summed E-state index contributed by atoms with van der Waals surface area (Å²) in [7, 11) is 0. The van der Waals surface area contributed by atoms with E-state index in [4.69, 9.17) is 5.11 Å². The molecule has 3 N–H and O–H groups in total. The predicted molar refractivity (Wildman–Crippen MR) is 75.8 cm³/mol. The molecule has 20 heavy (non-hydrogen) atoms. The first kappa shape index (κ1) is 15.1. The minimum Gasteiger partial charge on any atom is -0.465 e. The van der Waals surface area contributed by atoms with Crippen LogP contribution in [0.15, 0.2) is 24.3 Å². The Morgan fingerprint density at radius 3 is 2.80 bits per heavy atom. The van der Waals surface area contributed by atoms with E-state index >= 15 is 0 Å². The van der Waals surface area contributed by atoms with Gasteiger partial charge in [0.1, 0.15) is 5.82 Å². The molecular formula is C14H18ClFN2O2. The summed E-state index contributed by atoms with van der Waals surface area (Å²) in [5, 5.41) is 14.6. The quantitative estimate of drug-likeness (QED) is 0.800. The molecule has 0 bridgehead atoms. The maximum atomic E-state index is 14.1. The summed E-state index contributed by atoms with van der Waals surface area (Å²) >= 11 is 0. The Bertz CT molecular complexity index is 500. The van der Waals surface area contributed by atoms with Crippen LogP contribution in [-0.4, -0.2) is 30.8 Å². The van der Waals surface area contributed by atoms with Crippen LogP contribution in [0.25, 0.3) is 0 Å². The van der Waals surface area contributed by atoms with Crippen molar-refractivity contribution < 1.29 is 14.3 Å². The molecule has 1 aliphatic carbocycles. The fraction of sp³-hybridized carbons (Fsp3) is 0.500. The van der Waals surface area contributed by atoms with Crippen molar-refractivity contribution in [3.63, 3.8) is 0 Å². The molecule has 110 valence electrons. The van der Waals surface area contributed by atoms with Crippen LogP contribution in [0.2, 0.25) is 0 Å². The zero-order chi connectivity index (χ0) is 13.5. The molecule has 1 aliphatic heterocycles. The highest BCUT2D eigenvalue weighted by atomic mass is 35.5. The maximum Gasteiger partial charge on any atom is 0.404 e. The Kier molecular flexibility index (Phi) is 4.20. The number of halogens is 2. The van der Waals surface area contributed by atoms with E-state index in [1.807, 2.05) is 6.07 Å². The molecule has 3 atom stereocenters. The molecule has 0 spiro atoms. The van der Waals surface area contributed by atoms with Gasteiger partial charge in [-0.1, -0.05) is 18.2 Å². The molecule has 3 rings (SSSR count). The van der Waals surface area contributed by atoms with Crippen molar-refractivity contribution in [1.82, 2.24) is 10.6 Å². The molecule has 1 aromatic rings. The molecule has 1 amide bonds. The van der Waals surface area contributed by atoms with E-state index in [9.17, 15) is 9.18 Å². The number of benzene rings is 1. The number of fused-ring (bicyclic) bond motifs is 1. The van der Waals surface area contributed by atoms with Crippen LogP contribution >= 0.6 is 12.4 Å². The Morgan fingerprint density at radius 2 is 2.20 bits per heavy atom. The van der Waals surface area contributed by atoms with Gasteiger partial charge in [-0.25, -0.2) is 9.18 Å². The third-order valence-corrected chi connectivity index (χ3v) is 4.60. The van der Waals surface area contributed by atoms with Crippen molar-refractivity contribution in [3.8, 4) is 0 Å². The normalized spacial score (nSPS) is 30.9. The van der Waals surface area contributed by atoms with Crippen LogP contribution in [0.4, 0.5) is 9.18 Å². The lowest BCUT2D eigenvalue weighted by molar-refractivity contribution is 0.192. The Morgan fingerprint density at radius 1 is 1.45 bits per heavy atom. The average molecular weight is 301 g/mol. The van der Waals surface area contributed by atoms with Gasteiger partial charge in [-0.05, 0) is 43.0 Å². The van der Waals surface area contributed by atoms with E-state index in [1.54, 1.807) is 12.1 Å². The van der Waals surface area contributed by atoms with Crippen LogP contribution < -0.4 is 10.6 Å². The van der Waals surface area contributed by atoms with Crippen LogP contribution in [0, 0.1) is 17.7 Å². The summed E-state index contributed by atoms with van der Waals surface area (Å²) in [6, 6.07) is 6.73. The van der Waals surface area contributed by atoms with Gasteiger partial charge in [0.05, 0.1) is 0 Å². The number of carboxylic acid groups (broad SMARTS) is 1. The monoisotopic (exact) mass is 300 g/mol. The second-order valence-corrected chi connectivity index (χ2v) is 5.38. The summed E-state index contributed by atoms with van der Waals surface area (Å²) in [5.74, 6) is 0.464. The fourth-order valence-electron chi connectivity index (χ4n) is 3.72. The number of piperidine rings is 1. The van der Waals surface area contributed by atoms with E-state index in [1.165, 1.54) is 6.07 Å².